The van der Waals surface area contributed by atoms with E-state index in [1.54, 1.807) is 0 Å². The van der Waals surface area contributed by atoms with Gasteiger partial charge in [0.1, 0.15) is 0 Å². The average Bonchev–Trinajstić information content (AvgIpc) is 3.25. The molecule has 0 aromatic rings. The summed E-state index contributed by atoms with van der Waals surface area (Å²) < 4.78 is 0. The Kier molecular flexibility index (Phi) is 8.77. The second kappa shape index (κ2) is 9.80. The average molecular weight is 268 g/mol. The Morgan fingerprint density at radius 3 is 1.68 bits per heavy atom. The molecule has 1 fully saturated rings. The monoisotopic (exact) mass is 268 g/mol. The third-order valence-electron chi connectivity index (χ3n) is 4.91. The zero-order valence-electron chi connectivity index (χ0n) is 13.4. The van der Waals surface area contributed by atoms with Crippen LogP contribution in [0.1, 0.15) is 104 Å². The molecule has 0 saturated heterocycles. The molecule has 0 bridgehead atoms. The quantitative estimate of drug-likeness (QED) is 0.415. The Balaban J connectivity index is 1.85. The summed E-state index contributed by atoms with van der Waals surface area (Å²) >= 11 is 0. The topological polar surface area (TPSA) is 20.2 Å². The van der Waals surface area contributed by atoms with Gasteiger partial charge in [-0.3, -0.25) is 0 Å². The smallest absolute Gasteiger partial charge is 0.0673 e. The fraction of sp³-hybridized carbons (Fsp3) is 1.00. The van der Waals surface area contributed by atoms with Crippen molar-refractivity contribution < 1.29 is 5.11 Å². The van der Waals surface area contributed by atoms with E-state index in [0.29, 0.717) is 5.92 Å². The van der Waals surface area contributed by atoms with Crippen molar-refractivity contribution in [3.05, 3.63) is 0 Å². The lowest BCUT2D eigenvalue weighted by Crippen LogP contribution is -2.30. The molecule has 0 aromatic carbocycles. The molecule has 1 aliphatic rings. The van der Waals surface area contributed by atoms with E-state index in [-0.39, 0.29) is 5.60 Å². The minimum atomic E-state index is -0.305. The maximum absolute atomic E-state index is 10.5. The van der Waals surface area contributed by atoms with Crippen molar-refractivity contribution in [3.8, 4) is 0 Å². The Hall–Kier alpha value is -0.0400. The van der Waals surface area contributed by atoms with Crippen molar-refractivity contribution in [1.29, 1.82) is 0 Å². The first-order valence-corrected chi connectivity index (χ1v) is 8.95. The second-order valence-corrected chi connectivity index (χ2v) is 6.66. The summed E-state index contributed by atoms with van der Waals surface area (Å²) in [6.45, 7) is 4.42. The number of aliphatic hydroxyl groups is 1. The molecule has 114 valence electrons. The molecule has 1 unspecified atom stereocenters. The number of rotatable bonds is 13. The lowest BCUT2D eigenvalue weighted by atomic mass is 9.88. The van der Waals surface area contributed by atoms with E-state index in [4.69, 9.17) is 0 Å². The van der Waals surface area contributed by atoms with Crippen LogP contribution in [0.3, 0.4) is 0 Å². The molecular formula is C18H36O. The molecule has 0 radical (unpaired) electrons. The first kappa shape index (κ1) is 17.0. The molecule has 1 N–H and O–H groups in total. The summed E-state index contributed by atoms with van der Waals surface area (Å²) in [5.74, 6) is 0.635. The van der Waals surface area contributed by atoms with Gasteiger partial charge >= 0.3 is 0 Å². The Morgan fingerprint density at radius 2 is 1.26 bits per heavy atom. The van der Waals surface area contributed by atoms with Gasteiger partial charge in [0.05, 0.1) is 5.60 Å². The third-order valence-corrected chi connectivity index (χ3v) is 4.91. The predicted molar refractivity (Wildman–Crippen MR) is 84.4 cm³/mol. The van der Waals surface area contributed by atoms with E-state index in [0.717, 1.165) is 12.8 Å². The molecule has 0 spiro atoms. The highest BCUT2D eigenvalue weighted by atomic mass is 16.3. The van der Waals surface area contributed by atoms with Gasteiger partial charge in [-0.2, -0.15) is 0 Å². The highest BCUT2D eigenvalue weighted by molar-refractivity contribution is 4.93. The van der Waals surface area contributed by atoms with E-state index >= 15 is 0 Å². The standard InChI is InChI=1S/C18H36O/c1-3-5-6-7-8-9-10-11-12-13-16-18(19,4-2)17-14-15-17/h17,19H,3-16H2,1-2H3. The van der Waals surface area contributed by atoms with E-state index in [2.05, 4.69) is 13.8 Å². The molecule has 0 heterocycles. The lowest BCUT2D eigenvalue weighted by molar-refractivity contribution is 0.00283. The highest BCUT2D eigenvalue weighted by Gasteiger charge is 2.41. The van der Waals surface area contributed by atoms with Crippen LogP contribution in [0.15, 0.2) is 0 Å². The van der Waals surface area contributed by atoms with Gasteiger partial charge in [-0.15, -0.1) is 0 Å². The molecule has 1 saturated carbocycles. The van der Waals surface area contributed by atoms with Crippen molar-refractivity contribution in [3.63, 3.8) is 0 Å². The van der Waals surface area contributed by atoms with Crippen LogP contribution in [0.4, 0.5) is 0 Å². The van der Waals surface area contributed by atoms with E-state index in [1.807, 2.05) is 0 Å². The van der Waals surface area contributed by atoms with Gasteiger partial charge in [-0.25, -0.2) is 0 Å². The van der Waals surface area contributed by atoms with Crippen molar-refractivity contribution in [2.45, 2.75) is 109 Å². The number of hydrogen-bond donors (Lipinski definition) is 1. The highest BCUT2D eigenvalue weighted by Crippen LogP contribution is 2.44. The molecule has 0 aromatic heterocycles. The lowest BCUT2D eigenvalue weighted by Gasteiger charge is -2.26. The minimum absolute atomic E-state index is 0.305. The maximum Gasteiger partial charge on any atom is 0.0673 e. The fourth-order valence-electron chi connectivity index (χ4n) is 3.21. The van der Waals surface area contributed by atoms with Crippen LogP contribution >= 0.6 is 0 Å². The van der Waals surface area contributed by atoms with E-state index in [1.165, 1.54) is 77.0 Å². The van der Waals surface area contributed by atoms with Crippen LogP contribution in [-0.4, -0.2) is 10.7 Å². The van der Waals surface area contributed by atoms with Gasteiger partial charge < -0.3 is 5.11 Å². The molecule has 1 rings (SSSR count). The molecular weight excluding hydrogens is 232 g/mol. The molecule has 0 amide bonds. The van der Waals surface area contributed by atoms with Crippen LogP contribution in [0, 0.1) is 5.92 Å². The van der Waals surface area contributed by atoms with Crippen LogP contribution in [-0.2, 0) is 0 Å². The molecule has 1 aliphatic carbocycles. The molecule has 1 heteroatoms. The SMILES string of the molecule is CCCCCCCCCCCCC(O)(CC)C1CC1. The second-order valence-electron chi connectivity index (χ2n) is 6.66. The fourth-order valence-corrected chi connectivity index (χ4v) is 3.21. The first-order valence-electron chi connectivity index (χ1n) is 8.95. The molecule has 19 heavy (non-hydrogen) atoms. The summed E-state index contributed by atoms with van der Waals surface area (Å²) in [5.41, 5.74) is -0.305. The Labute approximate surface area is 121 Å². The van der Waals surface area contributed by atoms with Crippen LogP contribution < -0.4 is 0 Å². The Morgan fingerprint density at radius 1 is 0.789 bits per heavy atom. The zero-order valence-corrected chi connectivity index (χ0v) is 13.4. The predicted octanol–water partition coefficient (Wildman–Crippen LogP) is 5.85. The van der Waals surface area contributed by atoms with Crippen molar-refractivity contribution in [2.24, 2.45) is 5.92 Å². The number of unbranched alkanes of at least 4 members (excludes halogenated alkanes) is 9. The van der Waals surface area contributed by atoms with Crippen molar-refractivity contribution >= 4 is 0 Å². The van der Waals surface area contributed by atoms with Crippen LogP contribution in [0.5, 0.6) is 0 Å². The van der Waals surface area contributed by atoms with E-state index in [9.17, 15) is 5.11 Å². The van der Waals surface area contributed by atoms with Gasteiger partial charge in [-0.05, 0) is 31.6 Å². The normalized spacial score (nSPS) is 18.5. The zero-order chi connectivity index (χ0) is 14.0. The summed E-state index contributed by atoms with van der Waals surface area (Å²) in [5, 5.41) is 10.5. The van der Waals surface area contributed by atoms with Crippen LogP contribution in [0.2, 0.25) is 0 Å². The largest absolute Gasteiger partial charge is 0.390 e. The minimum Gasteiger partial charge on any atom is -0.390 e. The van der Waals surface area contributed by atoms with Crippen molar-refractivity contribution in [1.82, 2.24) is 0 Å². The first-order chi connectivity index (χ1) is 9.23. The van der Waals surface area contributed by atoms with Gasteiger partial charge in [0, 0.05) is 0 Å². The molecule has 0 aliphatic heterocycles. The van der Waals surface area contributed by atoms with Gasteiger partial charge in [-0.1, -0.05) is 78.1 Å². The van der Waals surface area contributed by atoms with Gasteiger partial charge in [0.2, 0.25) is 0 Å². The Bertz CT molecular complexity index is 210. The third kappa shape index (κ3) is 7.34. The van der Waals surface area contributed by atoms with Crippen LogP contribution in [0.25, 0.3) is 0 Å². The van der Waals surface area contributed by atoms with Gasteiger partial charge in [0.25, 0.3) is 0 Å². The summed E-state index contributed by atoms with van der Waals surface area (Å²) in [6, 6.07) is 0. The molecule has 1 atom stereocenters. The number of hydrogen-bond acceptors (Lipinski definition) is 1. The summed E-state index contributed by atoms with van der Waals surface area (Å²) in [7, 11) is 0. The maximum atomic E-state index is 10.5. The molecule has 1 nitrogen and oxygen atoms in total. The summed E-state index contributed by atoms with van der Waals surface area (Å²) in [6.07, 6.45) is 18.3. The van der Waals surface area contributed by atoms with Gasteiger partial charge in [0.15, 0.2) is 0 Å². The summed E-state index contributed by atoms with van der Waals surface area (Å²) in [4.78, 5) is 0. The van der Waals surface area contributed by atoms with E-state index < -0.39 is 0 Å². The van der Waals surface area contributed by atoms with Crippen molar-refractivity contribution in [2.75, 3.05) is 0 Å².